The highest BCUT2D eigenvalue weighted by Gasteiger charge is 2.16. The molecule has 94 valence electrons. The van der Waals surface area contributed by atoms with Gasteiger partial charge in [0.25, 0.3) is 0 Å². The van der Waals surface area contributed by atoms with Crippen LogP contribution in [0.2, 0.25) is 19.6 Å². The van der Waals surface area contributed by atoms with E-state index in [9.17, 15) is 0 Å². The number of hydrogen-bond donors (Lipinski definition) is 1. The van der Waals surface area contributed by atoms with Crippen LogP contribution in [0.15, 0.2) is 42.6 Å². The highest BCUT2D eigenvalue weighted by molar-refractivity contribution is 6.88. The van der Waals surface area contributed by atoms with Crippen LogP contribution in [-0.2, 0) is 6.61 Å². The second kappa shape index (κ2) is 5.04. The molecule has 0 fully saturated rings. The van der Waals surface area contributed by atoms with Crippen LogP contribution in [0, 0.1) is 0 Å². The Balaban J connectivity index is 2.38. The number of aromatic nitrogens is 1. The molecule has 0 unspecified atom stereocenters. The summed E-state index contributed by atoms with van der Waals surface area (Å²) in [6, 6.07) is 12.5. The van der Waals surface area contributed by atoms with E-state index in [1.807, 2.05) is 12.1 Å². The molecule has 0 aliphatic carbocycles. The largest absolute Gasteiger partial charge is 0.392 e. The minimum Gasteiger partial charge on any atom is -0.392 e. The van der Waals surface area contributed by atoms with Crippen molar-refractivity contribution in [3.63, 3.8) is 0 Å². The fourth-order valence-corrected chi connectivity index (χ4v) is 3.02. The van der Waals surface area contributed by atoms with Crippen molar-refractivity contribution < 1.29 is 5.11 Å². The zero-order valence-corrected chi connectivity index (χ0v) is 12.1. The molecule has 0 amide bonds. The van der Waals surface area contributed by atoms with E-state index < -0.39 is 8.07 Å². The molecule has 3 heteroatoms. The third-order valence-electron chi connectivity index (χ3n) is 3.03. The Morgan fingerprint density at radius 3 is 2.44 bits per heavy atom. The van der Waals surface area contributed by atoms with Crippen LogP contribution in [0.3, 0.4) is 0 Å². The van der Waals surface area contributed by atoms with Crippen LogP contribution in [0.5, 0.6) is 0 Å². The van der Waals surface area contributed by atoms with Crippen LogP contribution in [0.4, 0.5) is 0 Å². The minimum absolute atomic E-state index is 0.0439. The first-order valence-electron chi connectivity index (χ1n) is 6.17. The lowest BCUT2D eigenvalue weighted by Crippen LogP contribution is -2.37. The first-order valence-corrected chi connectivity index (χ1v) is 9.67. The van der Waals surface area contributed by atoms with Crippen molar-refractivity contribution in [1.82, 2.24) is 4.98 Å². The number of aliphatic hydroxyl groups is 1. The molecule has 0 aliphatic rings. The van der Waals surface area contributed by atoms with Crippen LogP contribution in [-0.4, -0.2) is 18.2 Å². The molecule has 1 N–H and O–H groups in total. The van der Waals surface area contributed by atoms with E-state index in [1.165, 1.54) is 5.19 Å². The summed E-state index contributed by atoms with van der Waals surface area (Å²) in [5.41, 5.74) is 2.96. The lowest BCUT2D eigenvalue weighted by atomic mass is 10.1. The summed E-state index contributed by atoms with van der Waals surface area (Å²) < 4.78 is 0. The van der Waals surface area contributed by atoms with Gasteiger partial charge in [-0.05, 0) is 17.2 Å². The van der Waals surface area contributed by atoms with Gasteiger partial charge in [-0.15, -0.1) is 0 Å². The number of rotatable bonds is 3. The van der Waals surface area contributed by atoms with Crippen molar-refractivity contribution in [2.24, 2.45) is 0 Å². The molecule has 0 spiro atoms. The van der Waals surface area contributed by atoms with Crippen molar-refractivity contribution in [2.45, 2.75) is 26.2 Å². The van der Waals surface area contributed by atoms with Crippen molar-refractivity contribution in [1.29, 1.82) is 0 Å². The van der Waals surface area contributed by atoms with Gasteiger partial charge in [0.2, 0.25) is 0 Å². The van der Waals surface area contributed by atoms with Gasteiger partial charge in [-0.1, -0.05) is 55.2 Å². The Morgan fingerprint density at radius 1 is 1.11 bits per heavy atom. The summed E-state index contributed by atoms with van der Waals surface area (Å²) >= 11 is 0. The number of nitrogens with zero attached hydrogens (tertiary/aromatic N) is 1. The topological polar surface area (TPSA) is 33.1 Å². The smallest absolute Gasteiger partial charge is 0.0776 e. The third-order valence-corrected chi connectivity index (χ3v) is 5.07. The summed E-state index contributed by atoms with van der Waals surface area (Å²) in [4.78, 5) is 4.40. The molecular weight excluding hydrogens is 238 g/mol. The van der Waals surface area contributed by atoms with Crippen LogP contribution in [0.1, 0.15) is 5.56 Å². The molecule has 1 aromatic carbocycles. The lowest BCUT2D eigenvalue weighted by molar-refractivity contribution is 0.281. The molecule has 2 rings (SSSR count). The molecular formula is C15H19NOSi. The lowest BCUT2D eigenvalue weighted by Gasteiger charge is -2.17. The van der Waals surface area contributed by atoms with Crippen LogP contribution in [0.25, 0.3) is 11.3 Å². The average molecular weight is 257 g/mol. The highest BCUT2D eigenvalue weighted by atomic mass is 28.3. The Hall–Kier alpha value is -1.45. The molecule has 1 aromatic heterocycles. The number of benzene rings is 1. The Labute approximate surface area is 109 Å². The van der Waals surface area contributed by atoms with Crippen molar-refractivity contribution in [2.75, 3.05) is 0 Å². The van der Waals surface area contributed by atoms with Gasteiger partial charge in [0.1, 0.15) is 0 Å². The molecule has 1 heterocycles. The fraction of sp³-hybridized carbons (Fsp3) is 0.267. The molecule has 0 saturated carbocycles. The Kier molecular flexibility index (Phi) is 3.64. The molecule has 0 aliphatic heterocycles. The Morgan fingerprint density at radius 2 is 1.89 bits per heavy atom. The second-order valence-corrected chi connectivity index (χ2v) is 10.6. The molecule has 0 bridgehead atoms. The monoisotopic (exact) mass is 257 g/mol. The van der Waals surface area contributed by atoms with Gasteiger partial charge in [-0.2, -0.15) is 0 Å². The first kappa shape index (κ1) is 13.0. The summed E-state index contributed by atoms with van der Waals surface area (Å²) in [5.74, 6) is 0. The van der Waals surface area contributed by atoms with Crippen molar-refractivity contribution >= 4 is 13.3 Å². The maximum absolute atomic E-state index is 9.02. The molecule has 2 aromatic rings. The quantitative estimate of drug-likeness (QED) is 0.858. The predicted molar refractivity (Wildman–Crippen MR) is 78.6 cm³/mol. The van der Waals surface area contributed by atoms with Gasteiger partial charge in [-0.25, -0.2) is 0 Å². The van der Waals surface area contributed by atoms with Gasteiger partial charge >= 0.3 is 0 Å². The summed E-state index contributed by atoms with van der Waals surface area (Å²) in [7, 11) is -1.28. The van der Waals surface area contributed by atoms with E-state index >= 15 is 0 Å². The third kappa shape index (κ3) is 2.86. The van der Waals surface area contributed by atoms with Gasteiger partial charge < -0.3 is 5.11 Å². The molecule has 0 atom stereocenters. The maximum Gasteiger partial charge on any atom is 0.0776 e. The van der Waals surface area contributed by atoms with E-state index in [0.29, 0.717) is 0 Å². The van der Waals surface area contributed by atoms with Gasteiger partial charge in [0.15, 0.2) is 0 Å². The number of hydrogen-bond acceptors (Lipinski definition) is 2. The minimum atomic E-state index is -1.28. The van der Waals surface area contributed by atoms with E-state index in [1.54, 1.807) is 6.20 Å². The van der Waals surface area contributed by atoms with Crippen LogP contribution >= 0.6 is 0 Å². The van der Waals surface area contributed by atoms with E-state index in [2.05, 4.69) is 48.9 Å². The summed E-state index contributed by atoms with van der Waals surface area (Å²) in [5, 5.41) is 10.5. The summed E-state index contributed by atoms with van der Waals surface area (Å²) in [6.45, 7) is 7.07. The zero-order chi connectivity index (χ0) is 13.2. The summed E-state index contributed by atoms with van der Waals surface area (Å²) in [6.07, 6.45) is 1.73. The fourth-order valence-electron chi connectivity index (χ4n) is 1.83. The SMILES string of the molecule is C[Si](C)(C)c1cccc(-c2ccc(CO)cn2)c1. The highest BCUT2D eigenvalue weighted by Crippen LogP contribution is 2.17. The normalized spacial score (nSPS) is 11.6. The van der Waals surface area contributed by atoms with E-state index in [-0.39, 0.29) is 6.61 Å². The van der Waals surface area contributed by atoms with Crippen molar-refractivity contribution in [3.8, 4) is 11.3 Å². The molecule has 0 radical (unpaired) electrons. The van der Waals surface area contributed by atoms with Gasteiger partial charge in [0, 0.05) is 6.20 Å². The van der Waals surface area contributed by atoms with Gasteiger partial charge in [0.05, 0.1) is 20.4 Å². The first-order chi connectivity index (χ1) is 8.50. The van der Waals surface area contributed by atoms with Gasteiger partial charge in [-0.3, -0.25) is 4.98 Å². The van der Waals surface area contributed by atoms with Crippen molar-refractivity contribution in [3.05, 3.63) is 48.2 Å². The van der Waals surface area contributed by atoms with E-state index in [0.717, 1.165) is 16.8 Å². The van der Waals surface area contributed by atoms with E-state index in [4.69, 9.17) is 5.11 Å². The maximum atomic E-state index is 9.02. The molecule has 0 saturated heterocycles. The van der Waals surface area contributed by atoms with Crippen LogP contribution < -0.4 is 5.19 Å². The molecule has 18 heavy (non-hydrogen) atoms. The predicted octanol–water partition coefficient (Wildman–Crippen LogP) is 2.79. The molecule has 2 nitrogen and oxygen atoms in total. The Bertz CT molecular complexity index is 529. The zero-order valence-electron chi connectivity index (χ0n) is 11.1. The standard InChI is InChI=1S/C15H19NOSi/c1-18(2,3)14-6-4-5-13(9-14)15-8-7-12(11-17)10-16-15/h4-10,17H,11H2,1-3H3. The second-order valence-electron chi connectivity index (χ2n) is 5.54. The number of aliphatic hydroxyl groups excluding tert-OH is 1. The average Bonchev–Trinajstić information content (AvgIpc) is 2.38. The number of pyridine rings is 1.